The Bertz CT molecular complexity index is 582. The van der Waals surface area contributed by atoms with Crippen molar-refractivity contribution in [3.8, 4) is 11.3 Å². The molecule has 0 aliphatic carbocycles. The average Bonchev–Trinajstić information content (AvgIpc) is 2.83. The van der Waals surface area contributed by atoms with Gasteiger partial charge in [0.2, 0.25) is 0 Å². The molecule has 1 aliphatic rings. The summed E-state index contributed by atoms with van der Waals surface area (Å²) in [6.07, 6.45) is 5.02. The van der Waals surface area contributed by atoms with Gasteiger partial charge < -0.3 is 9.84 Å². The van der Waals surface area contributed by atoms with Crippen molar-refractivity contribution in [3.63, 3.8) is 0 Å². The summed E-state index contributed by atoms with van der Waals surface area (Å²) in [6.45, 7) is 0. The highest BCUT2D eigenvalue weighted by Crippen LogP contribution is 2.20. The standard InChI is InChI=1S/C16H19N3O.ClH/c17-16-9-5-4-8-13(18-16)10-14-11-15(19-20-14)12-6-2-1-3-7-12;/h1-3,6-7,11,13H,4-5,8-10H2,(H2,17,18);1H. The van der Waals surface area contributed by atoms with Gasteiger partial charge in [0.05, 0.1) is 5.84 Å². The maximum atomic E-state index is 7.81. The van der Waals surface area contributed by atoms with Gasteiger partial charge in [0.25, 0.3) is 0 Å². The van der Waals surface area contributed by atoms with Gasteiger partial charge in [0.15, 0.2) is 0 Å². The van der Waals surface area contributed by atoms with Gasteiger partial charge in [-0.05, 0) is 12.8 Å². The van der Waals surface area contributed by atoms with Gasteiger partial charge in [0.1, 0.15) is 11.5 Å². The van der Waals surface area contributed by atoms with Gasteiger partial charge in [-0.25, -0.2) is 0 Å². The normalized spacial score (nSPS) is 18.5. The quantitative estimate of drug-likeness (QED) is 0.906. The number of hydrogen-bond acceptors (Lipinski definition) is 3. The second-order valence-corrected chi connectivity index (χ2v) is 5.31. The third-order valence-corrected chi connectivity index (χ3v) is 3.68. The van der Waals surface area contributed by atoms with E-state index in [-0.39, 0.29) is 12.4 Å². The lowest BCUT2D eigenvalue weighted by molar-refractivity contribution is 0.368. The largest absolute Gasteiger partial charge is 0.371 e. The molecule has 1 saturated heterocycles. The highest BCUT2D eigenvalue weighted by atomic mass is 35.5. The highest BCUT2D eigenvalue weighted by Gasteiger charge is 2.17. The highest BCUT2D eigenvalue weighted by molar-refractivity contribution is 5.85. The molecule has 1 unspecified atom stereocenters. The predicted molar refractivity (Wildman–Crippen MR) is 86.0 cm³/mol. The minimum Gasteiger partial charge on any atom is -0.371 e. The monoisotopic (exact) mass is 305 g/mol. The third kappa shape index (κ3) is 4.08. The van der Waals surface area contributed by atoms with E-state index in [1.807, 2.05) is 36.4 Å². The fourth-order valence-corrected chi connectivity index (χ4v) is 2.63. The van der Waals surface area contributed by atoms with Crippen molar-refractivity contribution in [1.29, 1.82) is 5.41 Å². The number of benzene rings is 1. The Morgan fingerprint density at radius 2 is 2.05 bits per heavy atom. The number of rotatable bonds is 3. The Morgan fingerprint density at radius 3 is 2.86 bits per heavy atom. The van der Waals surface area contributed by atoms with Gasteiger partial charge in [-0.1, -0.05) is 41.9 Å². The van der Waals surface area contributed by atoms with Gasteiger partial charge >= 0.3 is 0 Å². The fourth-order valence-electron chi connectivity index (χ4n) is 2.63. The first-order chi connectivity index (χ1) is 9.81. The zero-order valence-electron chi connectivity index (χ0n) is 11.8. The summed E-state index contributed by atoms with van der Waals surface area (Å²) >= 11 is 0. The van der Waals surface area contributed by atoms with Gasteiger partial charge in [-0.15, -0.1) is 12.4 Å². The first-order valence-corrected chi connectivity index (χ1v) is 7.16. The molecule has 2 aromatic rings. The number of amidine groups is 1. The van der Waals surface area contributed by atoms with Crippen LogP contribution in [0.1, 0.15) is 31.4 Å². The predicted octanol–water partition coefficient (Wildman–Crippen LogP) is 3.82. The molecule has 4 nitrogen and oxygen atoms in total. The molecule has 0 spiro atoms. The molecule has 0 saturated carbocycles. The van der Waals surface area contributed by atoms with Crippen LogP contribution in [-0.4, -0.2) is 17.0 Å². The maximum absolute atomic E-state index is 7.81. The maximum Gasteiger partial charge on any atom is 0.139 e. The lowest BCUT2D eigenvalue weighted by atomic mass is 10.1. The lowest BCUT2D eigenvalue weighted by Crippen LogP contribution is -2.33. The van der Waals surface area contributed by atoms with E-state index in [1.54, 1.807) is 0 Å². The average molecular weight is 306 g/mol. The molecule has 1 fully saturated rings. The SMILES string of the molecule is Cl.N=C1CCCCC(Cc2cc(-c3ccccc3)no2)N1. The first kappa shape index (κ1) is 15.6. The van der Waals surface area contributed by atoms with Crippen LogP contribution in [0.25, 0.3) is 11.3 Å². The number of hydrogen-bond donors (Lipinski definition) is 2. The van der Waals surface area contributed by atoms with E-state index in [0.717, 1.165) is 42.7 Å². The van der Waals surface area contributed by atoms with Gasteiger partial charge in [0, 0.05) is 30.5 Å². The van der Waals surface area contributed by atoms with E-state index >= 15 is 0 Å². The van der Waals surface area contributed by atoms with Gasteiger partial charge in [-0.2, -0.15) is 0 Å². The van der Waals surface area contributed by atoms with E-state index in [1.165, 1.54) is 6.42 Å². The molecular weight excluding hydrogens is 286 g/mol. The van der Waals surface area contributed by atoms with Crippen LogP contribution < -0.4 is 5.32 Å². The first-order valence-electron chi connectivity index (χ1n) is 7.16. The Morgan fingerprint density at radius 1 is 1.24 bits per heavy atom. The second kappa shape index (κ2) is 7.27. The molecule has 1 aromatic carbocycles. The van der Waals surface area contributed by atoms with Crippen LogP contribution in [0.15, 0.2) is 40.9 Å². The molecule has 0 radical (unpaired) electrons. The zero-order chi connectivity index (χ0) is 13.8. The number of aromatic nitrogens is 1. The molecular formula is C16H20ClN3O. The van der Waals surface area contributed by atoms with Crippen molar-refractivity contribution >= 4 is 18.2 Å². The van der Waals surface area contributed by atoms with Crippen molar-refractivity contribution in [3.05, 3.63) is 42.2 Å². The Hall–Kier alpha value is -1.81. The summed E-state index contributed by atoms with van der Waals surface area (Å²) in [6, 6.07) is 12.3. The fraction of sp³-hybridized carbons (Fsp3) is 0.375. The third-order valence-electron chi connectivity index (χ3n) is 3.68. The molecule has 112 valence electrons. The minimum atomic E-state index is 0. The van der Waals surface area contributed by atoms with Crippen molar-refractivity contribution in [1.82, 2.24) is 10.5 Å². The molecule has 1 aliphatic heterocycles. The minimum absolute atomic E-state index is 0. The summed E-state index contributed by atoms with van der Waals surface area (Å²) in [7, 11) is 0. The number of halogens is 1. The summed E-state index contributed by atoms with van der Waals surface area (Å²) in [5, 5.41) is 15.2. The summed E-state index contributed by atoms with van der Waals surface area (Å²) < 4.78 is 5.44. The number of nitrogens with zero attached hydrogens (tertiary/aromatic N) is 1. The van der Waals surface area contributed by atoms with Crippen LogP contribution >= 0.6 is 12.4 Å². The Labute approximate surface area is 130 Å². The Kier molecular flexibility index (Phi) is 5.39. The van der Waals surface area contributed by atoms with Gasteiger partial charge in [-0.3, -0.25) is 5.41 Å². The van der Waals surface area contributed by atoms with Crippen molar-refractivity contribution < 1.29 is 4.52 Å². The van der Waals surface area contributed by atoms with Crippen molar-refractivity contribution in [2.45, 2.75) is 38.1 Å². The summed E-state index contributed by atoms with van der Waals surface area (Å²) in [4.78, 5) is 0. The molecule has 0 amide bonds. The number of nitrogens with one attached hydrogen (secondary N) is 2. The lowest BCUT2D eigenvalue weighted by Gasteiger charge is -2.14. The molecule has 1 atom stereocenters. The molecule has 2 heterocycles. The van der Waals surface area contributed by atoms with Crippen LogP contribution in [0.4, 0.5) is 0 Å². The van der Waals surface area contributed by atoms with Crippen molar-refractivity contribution in [2.75, 3.05) is 0 Å². The zero-order valence-corrected chi connectivity index (χ0v) is 12.7. The molecule has 2 N–H and O–H groups in total. The van der Waals surface area contributed by atoms with Crippen LogP contribution in [0.5, 0.6) is 0 Å². The van der Waals surface area contributed by atoms with Crippen LogP contribution in [-0.2, 0) is 6.42 Å². The van der Waals surface area contributed by atoms with Crippen molar-refractivity contribution in [2.24, 2.45) is 0 Å². The molecule has 1 aromatic heterocycles. The molecule has 5 heteroatoms. The van der Waals surface area contributed by atoms with Crippen LogP contribution in [0.3, 0.4) is 0 Å². The molecule has 3 rings (SSSR count). The van der Waals surface area contributed by atoms with E-state index in [4.69, 9.17) is 9.93 Å². The topological polar surface area (TPSA) is 61.9 Å². The second-order valence-electron chi connectivity index (χ2n) is 5.31. The van der Waals surface area contributed by atoms with E-state index in [2.05, 4.69) is 10.5 Å². The summed E-state index contributed by atoms with van der Waals surface area (Å²) in [5.74, 6) is 1.53. The van der Waals surface area contributed by atoms with E-state index in [0.29, 0.717) is 11.9 Å². The van der Waals surface area contributed by atoms with Crippen LogP contribution in [0.2, 0.25) is 0 Å². The van der Waals surface area contributed by atoms with Crippen LogP contribution in [0, 0.1) is 5.41 Å². The molecule has 0 bridgehead atoms. The molecule has 21 heavy (non-hydrogen) atoms. The Balaban J connectivity index is 0.00000161. The smallest absolute Gasteiger partial charge is 0.139 e. The van der Waals surface area contributed by atoms with E-state index in [9.17, 15) is 0 Å². The van der Waals surface area contributed by atoms with E-state index < -0.39 is 0 Å². The summed E-state index contributed by atoms with van der Waals surface area (Å²) in [5.41, 5.74) is 1.95.